The van der Waals surface area contributed by atoms with Gasteiger partial charge in [-0.15, -0.1) is 0 Å². The predicted molar refractivity (Wildman–Crippen MR) is 56.0 cm³/mol. The van der Waals surface area contributed by atoms with Gasteiger partial charge in [0.1, 0.15) is 0 Å². The first-order valence-electron chi connectivity index (χ1n) is 5.15. The molecule has 6 nitrogen and oxygen atoms in total. The van der Waals surface area contributed by atoms with Crippen molar-refractivity contribution >= 4 is 11.9 Å². The number of urea groups is 1. The number of carbonyl (C=O) groups is 2. The number of carbonyl (C=O) groups excluding carboxylic acids is 2. The number of nitrogens with two attached hydrogens (primary N) is 2. The third-order valence-electron chi connectivity index (χ3n) is 2.46. The van der Waals surface area contributed by atoms with E-state index < -0.39 is 6.03 Å². The van der Waals surface area contributed by atoms with Gasteiger partial charge in [-0.3, -0.25) is 10.1 Å². The zero-order valence-electron chi connectivity index (χ0n) is 8.74. The van der Waals surface area contributed by atoms with Crippen molar-refractivity contribution in [1.29, 1.82) is 0 Å². The number of nitrogens with one attached hydrogen (secondary N) is 1. The Hall–Kier alpha value is -1.14. The maximum atomic E-state index is 11.1. The van der Waals surface area contributed by atoms with E-state index >= 15 is 0 Å². The second-order valence-electron chi connectivity index (χ2n) is 3.87. The molecule has 1 saturated heterocycles. The molecule has 0 aromatic rings. The molecule has 1 heterocycles. The summed E-state index contributed by atoms with van der Waals surface area (Å²) in [7, 11) is 0. The molecule has 0 aliphatic carbocycles. The van der Waals surface area contributed by atoms with Gasteiger partial charge >= 0.3 is 6.03 Å². The minimum atomic E-state index is -0.796. The summed E-state index contributed by atoms with van der Waals surface area (Å²) in [5.74, 6) is -0.332. The molecule has 6 heteroatoms. The number of piperidine rings is 1. The topological polar surface area (TPSA) is 101 Å². The van der Waals surface area contributed by atoms with Gasteiger partial charge in [-0.2, -0.15) is 0 Å². The lowest BCUT2D eigenvalue weighted by Crippen LogP contribution is -2.44. The van der Waals surface area contributed by atoms with Crippen LogP contribution in [0.5, 0.6) is 0 Å². The molecule has 1 aliphatic rings. The van der Waals surface area contributed by atoms with E-state index in [9.17, 15) is 9.59 Å². The fourth-order valence-electron chi connectivity index (χ4n) is 1.75. The first kappa shape index (κ1) is 11.9. The third-order valence-corrected chi connectivity index (χ3v) is 2.46. The SMILES string of the molecule is NC(=O)NC(=O)CCN1CCCC(N)C1. The molecular formula is C9H18N4O2. The second kappa shape index (κ2) is 5.67. The third kappa shape index (κ3) is 4.75. The van der Waals surface area contributed by atoms with Gasteiger partial charge in [0.15, 0.2) is 0 Å². The van der Waals surface area contributed by atoms with Gasteiger partial charge < -0.3 is 16.4 Å². The van der Waals surface area contributed by atoms with E-state index in [0.717, 1.165) is 25.9 Å². The van der Waals surface area contributed by atoms with Crippen molar-refractivity contribution in [2.45, 2.75) is 25.3 Å². The average molecular weight is 214 g/mol. The molecule has 3 amide bonds. The summed E-state index contributed by atoms with van der Waals surface area (Å²) < 4.78 is 0. The molecule has 1 rings (SSSR count). The van der Waals surface area contributed by atoms with Crippen LogP contribution in [-0.2, 0) is 4.79 Å². The van der Waals surface area contributed by atoms with Crippen LogP contribution >= 0.6 is 0 Å². The lowest BCUT2D eigenvalue weighted by Gasteiger charge is -2.30. The van der Waals surface area contributed by atoms with Crippen LogP contribution in [0.1, 0.15) is 19.3 Å². The molecule has 0 aromatic heterocycles. The van der Waals surface area contributed by atoms with E-state index in [0.29, 0.717) is 6.54 Å². The summed E-state index contributed by atoms with van der Waals surface area (Å²) in [5, 5.41) is 2.04. The predicted octanol–water partition coefficient (Wildman–Crippen LogP) is -1.01. The van der Waals surface area contributed by atoms with Crippen molar-refractivity contribution in [2.75, 3.05) is 19.6 Å². The van der Waals surface area contributed by atoms with Gasteiger partial charge in [0.05, 0.1) is 0 Å². The summed E-state index contributed by atoms with van der Waals surface area (Å²) in [6.07, 6.45) is 2.40. The van der Waals surface area contributed by atoms with Crippen LogP contribution in [-0.4, -0.2) is 42.5 Å². The average Bonchev–Trinajstić information content (AvgIpc) is 2.14. The summed E-state index contributed by atoms with van der Waals surface area (Å²) in [6.45, 7) is 2.42. The van der Waals surface area contributed by atoms with E-state index in [4.69, 9.17) is 11.5 Å². The Morgan fingerprint density at radius 2 is 2.20 bits per heavy atom. The molecule has 0 radical (unpaired) electrons. The van der Waals surface area contributed by atoms with Crippen molar-refractivity contribution in [1.82, 2.24) is 10.2 Å². The van der Waals surface area contributed by atoms with Crippen LogP contribution in [0.2, 0.25) is 0 Å². The molecule has 0 bridgehead atoms. The zero-order valence-corrected chi connectivity index (χ0v) is 8.74. The zero-order chi connectivity index (χ0) is 11.3. The van der Waals surface area contributed by atoms with Crippen LogP contribution in [0.25, 0.3) is 0 Å². The van der Waals surface area contributed by atoms with Gasteiger partial charge in [0.2, 0.25) is 5.91 Å². The van der Waals surface area contributed by atoms with Gasteiger partial charge in [-0.25, -0.2) is 4.79 Å². The molecule has 1 aliphatic heterocycles. The second-order valence-corrected chi connectivity index (χ2v) is 3.87. The van der Waals surface area contributed by atoms with E-state index in [1.807, 2.05) is 5.32 Å². The molecule has 0 aromatic carbocycles. The molecule has 86 valence electrons. The van der Waals surface area contributed by atoms with Crippen molar-refractivity contribution in [2.24, 2.45) is 11.5 Å². The van der Waals surface area contributed by atoms with Gasteiger partial charge in [-0.05, 0) is 19.4 Å². The lowest BCUT2D eigenvalue weighted by molar-refractivity contribution is -0.120. The first-order valence-corrected chi connectivity index (χ1v) is 5.15. The Kier molecular flexibility index (Phi) is 4.51. The largest absolute Gasteiger partial charge is 0.351 e. The molecule has 0 spiro atoms. The summed E-state index contributed by atoms with van der Waals surface area (Å²) in [6, 6.07) is -0.590. The first-order chi connectivity index (χ1) is 7.08. The minimum absolute atomic E-state index is 0.206. The van der Waals surface area contributed by atoms with Gasteiger partial charge in [0, 0.05) is 25.6 Å². The van der Waals surface area contributed by atoms with Crippen LogP contribution in [0.4, 0.5) is 4.79 Å². The number of primary amides is 1. The van der Waals surface area contributed by atoms with Crippen LogP contribution in [0.3, 0.4) is 0 Å². The van der Waals surface area contributed by atoms with E-state index in [2.05, 4.69) is 4.90 Å². The molecule has 1 unspecified atom stereocenters. The monoisotopic (exact) mass is 214 g/mol. The standard InChI is InChI=1S/C9H18N4O2/c10-7-2-1-4-13(6-7)5-3-8(14)12-9(11)15/h7H,1-6,10H2,(H3,11,12,14,15). The Bertz CT molecular complexity index is 244. The van der Waals surface area contributed by atoms with Crippen molar-refractivity contribution in [3.05, 3.63) is 0 Å². The highest BCUT2D eigenvalue weighted by molar-refractivity contribution is 5.93. The number of imide groups is 1. The highest BCUT2D eigenvalue weighted by atomic mass is 16.2. The molecule has 5 N–H and O–H groups in total. The van der Waals surface area contributed by atoms with E-state index in [1.54, 1.807) is 0 Å². The number of amides is 3. The van der Waals surface area contributed by atoms with Crippen molar-refractivity contribution in [3.63, 3.8) is 0 Å². The maximum Gasteiger partial charge on any atom is 0.318 e. The molecule has 0 saturated carbocycles. The minimum Gasteiger partial charge on any atom is -0.351 e. The van der Waals surface area contributed by atoms with Crippen LogP contribution < -0.4 is 16.8 Å². The fourth-order valence-corrected chi connectivity index (χ4v) is 1.75. The lowest BCUT2D eigenvalue weighted by atomic mass is 10.1. The van der Waals surface area contributed by atoms with Gasteiger partial charge in [-0.1, -0.05) is 0 Å². The Morgan fingerprint density at radius 1 is 1.47 bits per heavy atom. The van der Waals surface area contributed by atoms with Crippen LogP contribution in [0.15, 0.2) is 0 Å². The van der Waals surface area contributed by atoms with Crippen molar-refractivity contribution in [3.8, 4) is 0 Å². The van der Waals surface area contributed by atoms with Crippen LogP contribution in [0, 0.1) is 0 Å². The molecule has 1 fully saturated rings. The van der Waals surface area contributed by atoms with E-state index in [-0.39, 0.29) is 18.4 Å². The number of hydrogen-bond donors (Lipinski definition) is 3. The quantitative estimate of drug-likeness (QED) is 0.560. The highest BCUT2D eigenvalue weighted by Gasteiger charge is 2.17. The highest BCUT2D eigenvalue weighted by Crippen LogP contribution is 2.07. The smallest absolute Gasteiger partial charge is 0.318 e. The normalized spacial score (nSPS) is 22.3. The number of rotatable bonds is 3. The van der Waals surface area contributed by atoms with Gasteiger partial charge in [0.25, 0.3) is 0 Å². The number of hydrogen-bond acceptors (Lipinski definition) is 4. The Morgan fingerprint density at radius 3 is 2.80 bits per heavy atom. The number of likely N-dealkylation sites (tertiary alicyclic amines) is 1. The molecule has 1 atom stereocenters. The summed E-state index contributed by atoms with van der Waals surface area (Å²) in [4.78, 5) is 23.6. The Labute approximate surface area is 89.0 Å². The Balaban J connectivity index is 2.18. The fraction of sp³-hybridized carbons (Fsp3) is 0.778. The summed E-state index contributed by atoms with van der Waals surface area (Å²) in [5.41, 5.74) is 10.6. The molecule has 15 heavy (non-hydrogen) atoms. The molecular weight excluding hydrogens is 196 g/mol. The maximum absolute atomic E-state index is 11.1. The number of nitrogens with zero attached hydrogens (tertiary/aromatic N) is 1. The van der Waals surface area contributed by atoms with Crippen molar-refractivity contribution < 1.29 is 9.59 Å². The van der Waals surface area contributed by atoms with E-state index in [1.165, 1.54) is 0 Å². The summed E-state index contributed by atoms with van der Waals surface area (Å²) >= 11 is 0.